The van der Waals surface area contributed by atoms with Gasteiger partial charge in [0.05, 0.1) is 10.0 Å². The van der Waals surface area contributed by atoms with Crippen molar-refractivity contribution in [1.82, 2.24) is 5.32 Å². The van der Waals surface area contributed by atoms with Crippen molar-refractivity contribution in [2.24, 2.45) is 0 Å². The van der Waals surface area contributed by atoms with Crippen molar-refractivity contribution in [1.29, 1.82) is 0 Å². The lowest BCUT2D eigenvalue weighted by atomic mass is 9.97. The topological polar surface area (TPSA) is 12.0 Å². The first kappa shape index (κ1) is 14.0. The lowest BCUT2D eigenvalue weighted by molar-refractivity contribution is 0.400. The van der Waals surface area contributed by atoms with Crippen molar-refractivity contribution in [2.45, 2.75) is 25.3 Å². The quantitative estimate of drug-likeness (QED) is 0.755. The number of piperidine rings is 1. The Kier molecular flexibility index (Phi) is 5.32. The highest BCUT2D eigenvalue weighted by molar-refractivity contribution is 6.42. The highest BCUT2D eigenvalue weighted by Crippen LogP contribution is 2.35. The monoisotopic (exact) mass is 283 g/mol. The van der Waals surface area contributed by atoms with E-state index in [1.807, 2.05) is 0 Å². The number of halogens is 4. The second kappa shape index (κ2) is 6.06. The van der Waals surface area contributed by atoms with E-state index in [2.05, 4.69) is 5.32 Å². The summed E-state index contributed by atoms with van der Waals surface area (Å²) in [7, 11) is 0. The Morgan fingerprint density at radius 1 is 1.25 bits per heavy atom. The van der Waals surface area contributed by atoms with Crippen molar-refractivity contribution in [2.75, 3.05) is 6.54 Å². The molecule has 0 saturated carbocycles. The number of hydrogen-bond donors (Lipinski definition) is 1. The van der Waals surface area contributed by atoms with Gasteiger partial charge in [0.15, 0.2) is 0 Å². The van der Waals surface area contributed by atoms with Gasteiger partial charge in [-0.1, -0.05) is 29.6 Å². The zero-order chi connectivity index (χ0) is 10.8. The summed E-state index contributed by atoms with van der Waals surface area (Å²) in [4.78, 5) is 0. The first-order valence-corrected chi connectivity index (χ1v) is 5.82. The number of rotatable bonds is 1. The molecule has 1 aromatic carbocycles. The first-order valence-electron chi connectivity index (χ1n) is 5.07. The van der Waals surface area contributed by atoms with E-state index in [0.717, 1.165) is 25.8 Å². The van der Waals surface area contributed by atoms with Crippen LogP contribution in [0.2, 0.25) is 10.0 Å². The van der Waals surface area contributed by atoms with E-state index < -0.39 is 0 Å². The van der Waals surface area contributed by atoms with Gasteiger partial charge in [-0.05, 0) is 31.5 Å². The summed E-state index contributed by atoms with van der Waals surface area (Å²) >= 11 is 11.9. The van der Waals surface area contributed by atoms with Crippen molar-refractivity contribution in [3.8, 4) is 0 Å². The second-order valence-corrected chi connectivity index (χ2v) is 4.54. The number of benzene rings is 1. The smallest absolute Gasteiger partial charge is 0.129 e. The third kappa shape index (κ3) is 2.80. The lowest BCUT2D eigenvalue weighted by Gasteiger charge is -2.25. The molecule has 1 aromatic rings. The average Bonchev–Trinajstić information content (AvgIpc) is 2.26. The summed E-state index contributed by atoms with van der Waals surface area (Å²) in [5.74, 6) is -0.274. The van der Waals surface area contributed by atoms with Crippen LogP contribution in [0, 0.1) is 5.82 Å². The molecule has 1 N–H and O–H groups in total. The summed E-state index contributed by atoms with van der Waals surface area (Å²) in [6.07, 6.45) is 3.15. The van der Waals surface area contributed by atoms with E-state index in [-0.39, 0.29) is 24.3 Å². The van der Waals surface area contributed by atoms with Crippen LogP contribution in [0.1, 0.15) is 30.9 Å². The van der Waals surface area contributed by atoms with Gasteiger partial charge < -0.3 is 5.32 Å². The molecule has 1 aliphatic heterocycles. The Bertz CT molecular complexity index is 364. The van der Waals surface area contributed by atoms with Gasteiger partial charge in [0.1, 0.15) is 5.82 Å². The van der Waals surface area contributed by atoms with Gasteiger partial charge in [0, 0.05) is 11.6 Å². The fourth-order valence-electron chi connectivity index (χ4n) is 1.96. The third-order valence-corrected chi connectivity index (χ3v) is 3.56. The fourth-order valence-corrected chi connectivity index (χ4v) is 2.41. The largest absolute Gasteiger partial charge is 0.310 e. The molecule has 16 heavy (non-hydrogen) atoms. The van der Waals surface area contributed by atoms with E-state index in [4.69, 9.17) is 23.2 Å². The summed E-state index contributed by atoms with van der Waals surface area (Å²) < 4.78 is 13.6. The molecule has 0 radical (unpaired) electrons. The molecule has 1 fully saturated rings. The Morgan fingerprint density at radius 3 is 2.62 bits per heavy atom. The van der Waals surface area contributed by atoms with Crippen LogP contribution in [0.5, 0.6) is 0 Å². The van der Waals surface area contributed by atoms with Gasteiger partial charge in [-0.15, -0.1) is 12.4 Å². The molecule has 2 rings (SSSR count). The van der Waals surface area contributed by atoms with Crippen LogP contribution >= 0.6 is 35.6 Å². The predicted molar refractivity (Wildman–Crippen MR) is 68.3 cm³/mol. The Labute approximate surface area is 111 Å². The molecule has 0 spiro atoms. The molecule has 0 bridgehead atoms. The van der Waals surface area contributed by atoms with Gasteiger partial charge >= 0.3 is 0 Å². The standard InChI is InChI=1S/C11H12Cl2FN.ClH/c12-7-4-5-8(14)10(11(7)13)9-3-1-2-6-15-9;/h4-5,9,15H,1-3,6H2;1H/t9-;/m0./s1. The van der Waals surface area contributed by atoms with E-state index in [9.17, 15) is 4.39 Å². The maximum atomic E-state index is 13.6. The van der Waals surface area contributed by atoms with E-state index in [0.29, 0.717) is 15.6 Å². The van der Waals surface area contributed by atoms with Gasteiger partial charge in [0.2, 0.25) is 0 Å². The van der Waals surface area contributed by atoms with E-state index in [1.54, 1.807) is 0 Å². The summed E-state index contributed by atoms with van der Waals surface area (Å²) in [5, 5.41) is 4.02. The van der Waals surface area contributed by atoms with Gasteiger partial charge in [-0.2, -0.15) is 0 Å². The molecule has 1 heterocycles. The minimum atomic E-state index is -0.274. The summed E-state index contributed by atoms with van der Waals surface area (Å²) in [6, 6.07) is 2.87. The molecular formula is C11H13Cl3FN. The molecule has 0 unspecified atom stereocenters. The van der Waals surface area contributed by atoms with Gasteiger partial charge in [0.25, 0.3) is 0 Å². The second-order valence-electron chi connectivity index (χ2n) is 3.76. The van der Waals surface area contributed by atoms with Crippen molar-refractivity contribution < 1.29 is 4.39 Å². The van der Waals surface area contributed by atoms with Crippen molar-refractivity contribution in [3.05, 3.63) is 33.6 Å². The minimum absolute atomic E-state index is 0. The molecule has 0 aromatic heterocycles. The molecule has 0 aliphatic carbocycles. The average molecular weight is 285 g/mol. The molecule has 1 saturated heterocycles. The van der Waals surface area contributed by atoms with Crippen molar-refractivity contribution in [3.63, 3.8) is 0 Å². The molecule has 90 valence electrons. The molecule has 0 amide bonds. The van der Waals surface area contributed by atoms with Crippen LogP contribution in [-0.4, -0.2) is 6.54 Å². The fraction of sp³-hybridized carbons (Fsp3) is 0.455. The first-order chi connectivity index (χ1) is 7.20. The zero-order valence-electron chi connectivity index (χ0n) is 8.60. The highest BCUT2D eigenvalue weighted by Gasteiger charge is 2.22. The van der Waals surface area contributed by atoms with Crippen LogP contribution in [0.15, 0.2) is 12.1 Å². The molecule has 1 aliphatic rings. The van der Waals surface area contributed by atoms with Crippen LogP contribution in [0.25, 0.3) is 0 Å². The molecule has 1 atom stereocenters. The number of hydrogen-bond acceptors (Lipinski definition) is 1. The van der Waals surface area contributed by atoms with E-state index >= 15 is 0 Å². The van der Waals surface area contributed by atoms with Crippen LogP contribution in [-0.2, 0) is 0 Å². The minimum Gasteiger partial charge on any atom is -0.310 e. The Hall–Kier alpha value is -0.0200. The Balaban J connectivity index is 0.00000128. The van der Waals surface area contributed by atoms with Gasteiger partial charge in [-0.25, -0.2) is 4.39 Å². The SMILES string of the molecule is Cl.Fc1ccc(Cl)c(Cl)c1[C@@H]1CCCCN1. The van der Waals surface area contributed by atoms with Crippen molar-refractivity contribution >= 4 is 35.6 Å². The summed E-state index contributed by atoms with van der Waals surface area (Å²) in [6.45, 7) is 0.910. The highest BCUT2D eigenvalue weighted by atomic mass is 35.5. The third-order valence-electron chi connectivity index (χ3n) is 2.74. The van der Waals surface area contributed by atoms with Crippen LogP contribution in [0.4, 0.5) is 4.39 Å². The molecule has 5 heteroatoms. The normalized spacial score (nSPS) is 20.3. The lowest BCUT2D eigenvalue weighted by Crippen LogP contribution is -2.27. The molecule has 1 nitrogen and oxygen atoms in total. The zero-order valence-corrected chi connectivity index (χ0v) is 10.9. The van der Waals surface area contributed by atoms with Crippen LogP contribution in [0.3, 0.4) is 0 Å². The predicted octanol–water partition coefficient (Wildman–Crippen LogP) is 4.37. The summed E-state index contributed by atoms with van der Waals surface area (Å²) in [5.41, 5.74) is 0.517. The maximum absolute atomic E-state index is 13.6. The van der Waals surface area contributed by atoms with E-state index in [1.165, 1.54) is 12.1 Å². The maximum Gasteiger partial charge on any atom is 0.129 e. The molecular weight excluding hydrogens is 271 g/mol. The van der Waals surface area contributed by atoms with Crippen LogP contribution < -0.4 is 5.32 Å². The Morgan fingerprint density at radius 2 is 2.00 bits per heavy atom. The number of nitrogens with one attached hydrogen (secondary N) is 1. The van der Waals surface area contributed by atoms with Gasteiger partial charge in [-0.3, -0.25) is 0 Å².